The lowest BCUT2D eigenvalue weighted by Crippen LogP contribution is -2.50. The van der Waals surface area contributed by atoms with Crippen LogP contribution in [0.4, 0.5) is 5.69 Å². The molecule has 2 saturated heterocycles. The molecule has 0 radical (unpaired) electrons. The van der Waals surface area contributed by atoms with Gasteiger partial charge in [0, 0.05) is 51.5 Å². The van der Waals surface area contributed by atoms with E-state index in [1.54, 1.807) is 11.4 Å². The number of hydrogen-bond acceptors (Lipinski definition) is 4. The van der Waals surface area contributed by atoms with Gasteiger partial charge in [-0.15, -0.1) is 0 Å². The molecular weight excluding hydrogens is 374 g/mol. The van der Waals surface area contributed by atoms with Crippen LogP contribution in [0.3, 0.4) is 0 Å². The minimum absolute atomic E-state index is 0.429. The van der Waals surface area contributed by atoms with Gasteiger partial charge in [0.1, 0.15) is 0 Å². The summed E-state index contributed by atoms with van der Waals surface area (Å²) >= 11 is 0. The molecule has 28 heavy (non-hydrogen) atoms. The number of benzene rings is 1. The van der Waals surface area contributed by atoms with Gasteiger partial charge < -0.3 is 15.5 Å². The highest BCUT2D eigenvalue weighted by atomic mass is 32.2. The molecule has 3 rings (SSSR count). The number of piperidine rings is 2. The second-order valence-corrected chi connectivity index (χ2v) is 9.78. The van der Waals surface area contributed by atoms with Crippen molar-refractivity contribution in [3.8, 4) is 0 Å². The Balaban J connectivity index is 1.39. The van der Waals surface area contributed by atoms with Crippen molar-refractivity contribution in [2.75, 3.05) is 50.9 Å². The number of anilines is 1. The van der Waals surface area contributed by atoms with Crippen LogP contribution in [0.1, 0.15) is 25.7 Å². The maximum absolute atomic E-state index is 11.6. The Morgan fingerprint density at radius 3 is 2.29 bits per heavy atom. The van der Waals surface area contributed by atoms with E-state index >= 15 is 0 Å². The molecule has 1 aromatic rings. The number of nitrogens with zero attached hydrogens (tertiary/aromatic N) is 3. The minimum Gasteiger partial charge on any atom is -0.371 e. The van der Waals surface area contributed by atoms with E-state index in [4.69, 9.17) is 0 Å². The van der Waals surface area contributed by atoms with Crippen LogP contribution in [0.2, 0.25) is 0 Å². The number of guanidine groups is 1. The van der Waals surface area contributed by atoms with E-state index in [0.29, 0.717) is 25.0 Å². The van der Waals surface area contributed by atoms with Gasteiger partial charge >= 0.3 is 0 Å². The van der Waals surface area contributed by atoms with Crippen LogP contribution in [0.15, 0.2) is 35.3 Å². The summed E-state index contributed by atoms with van der Waals surface area (Å²) in [7, 11) is -1.25. The van der Waals surface area contributed by atoms with Crippen molar-refractivity contribution in [2.45, 2.75) is 31.7 Å². The predicted molar refractivity (Wildman–Crippen MR) is 115 cm³/mol. The van der Waals surface area contributed by atoms with E-state index in [1.807, 2.05) is 0 Å². The first-order valence-corrected chi connectivity index (χ1v) is 12.0. The summed E-state index contributed by atoms with van der Waals surface area (Å²) in [4.78, 5) is 6.81. The Morgan fingerprint density at radius 2 is 1.71 bits per heavy atom. The maximum atomic E-state index is 11.6. The standard InChI is InChI=1S/C20H33N5O2S/c1-21-20(22-16-17-8-14-25(15-9-17)28(2,26)27)23-18-10-12-24(13-11-18)19-6-4-3-5-7-19/h3-7,17-18H,8-16H2,1-2H3,(H2,21,22,23). The highest BCUT2D eigenvalue weighted by molar-refractivity contribution is 7.88. The summed E-state index contributed by atoms with van der Waals surface area (Å²) in [6, 6.07) is 11.0. The average molecular weight is 408 g/mol. The predicted octanol–water partition coefficient (Wildman–Crippen LogP) is 1.49. The summed E-state index contributed by atoms with van der Waals surface area (Å²) in [5, 5.41) is 7.00. The zero-order valence-electron chi connectivity index (χ0n) is 17.0. The highest BCUT2D eigenvalue weighted by Crippen LogP contribution is 2.20. The molecule has 0 bridgehead atoms. The molecule has 1 aromatic carbocycles. The Morgan fingerprint density at radius 1 is 1.07 bits per heavy atom. The normalized spacial score (nSPS) is 20.9. The van der Waals surface area contributed by atoms with Crippen molar-refractivity contribution in [3.05, 3.63) is 30.3 Å². The van der Waals surface area contributed by atoms with E-state index in [2.05, 4.69) is 50.9 Å². The van der Waals surface area contributed by atoms with E-state index in [-0.39, 0.29) is 0 Å². The number of para-hydroxylation sites is 1. The van der Waals surface area contributed by atoms with Gasteiger partial charge in [0.15, 0.2) is 5.96 Å². The zero-order chi connectivity index (χ0) is 20.0. The number of aliphatic imine (C=N–C) groups is 1. The van der Waals surface area contributed by atoms with Gasteiger partial charge in [0.25, 0.3) is 0 Å². The van der Waals surface area contributed by atoms with Gasteiger partial charge in [-0.25, -0.2) is 12.7 Å². The summed E-state index contributed by atoms with van der Waals surface area (Å²) in [6.07, 6.45) is 5.25. The number of nitrogens with one attached hydrogen (secondary N) is 2. The van der Waals surface area contributed by atoms with Gasteiger partial charge in [-0.05, 0) is 43.7 Å². The fourth-order valence-electron chi connectivity index (χ4n) is 3.99. The van der Waals surface area contributed by atoms with Gasteiger partial charge in [0.05, 0.1) is 6.26 Å². The molecule has 0 aromatic heterocycles. The molecular formula is C20H33N5O2S. The molecule has 0 aliphatic carbocycles. The van der Waals surface area contributed by atoms with Gasteiger partial charge in [-0.2, -0.15) is 0 Å². The van der Waals surface area contributed by atoms with Crippen molar-refractivity contribution < 1.29 is 8.42 Å². The first kappa shape index (κ1) is 20.9. The van der Waals surface area contributed by atoms with Crippen molar-refractivity contribution in [2.24, 2.45) is 10.9 Å². The lowest BCUT2D eigenvalue weighted by Gasteiger charge is -2.35. The van der Waals surface area contributed by atoms with Crippen LogP contribution in [0, 0.1) is 5.92 Å². The molecule has 0 amide bonds. The molecule has 0 unspecified atom stereocenters. The maximum Gasteiger partial charge on any atom is 0.211 e. The molecule has 2 N–H and O–H groups in total. The second-order valence-electron chi connectivity index (χ2n) is 7.80. The Kier molecular flexibility index (Phi) is 7.18. The number of rotatable bonds is 5. The van der Waals surface area contributed by atoms with Crippen molar-refractivity contribution in [1.29, 1.82) is 0 Å². The average Bonchev–Trinajstić information content (AvgIpc) is 2.72. The van der Waals surface area contributed by atoms with Crippen LogP contribution in [0.5, 0.6) is 0 Å². The third-order valence-electron chi connectivity index (χ3n) is 5.78. The Hall–Kier alpha value is -1.80. The molecule has 156 valence electrons. The molecule has 0 atom stereocenters. The molecule has 0 saturated carbocycles. The first-order valence-electron chi connectivity index (χ1n) is 10.2. The third-order valence-corrected chi connectivity index (χ3v) is 7.08. The quantitative estimate of drug-likeness (QED) is 0.571. The smallest absolute Gasteiger partial charge is 0.211 e. The first-order chi connectivity index (χ1) is 13.5. The Bertz CT molecular complexity index is 737. The van der Waals surface area contributed by atoms with Crippen LogP contribution in [-0.4, -0.2) is 70.8 Å². The fraction of sp³-hybridized carbons (Fsp3) is 0.650. The molecule has 0 spiro atoms. The van der Waals surface area contributed by atoms with E-state index < -0.39 is 10.0 Å². The Labute approximate surface area is 169 Å². The van der Waals surface area contributed by atoms with Crippen LogP contribution >= 0.6 is 0 Å². The van der Waals surface area contributed by atoms with Gasteiger partial charge in [0.2, 0.25) is 10.0 Å². The monoisotopic (exact) mass is 407 g/mol. The summed E-state index contributed by atoms with van der Waals surface area (Å²) in [5.41, 5.74) is 1.30. The van der Waals surface area contributed by atoms with Crippen LogP contribution in [0.25, 0.3) is 0 Å². The topological polar surface area (TPSA) is 77.0 Å². The third kappa shape index (κ3) is 5.85. The molecule has 8 heteroatoms. The van der Waals surface area contributed by atoms with E-state index in [9.17, 15) is 8.42 Å². The van der Waals surface area contributed by atoms with Crippen LogP contribution < -0.4 is 15.5 Å². The molecule has 7 nitrogen and oxygen atoms in total. The SMILES string of the molecule is CN=C(NCC1CCN(S(C)(=O)=O)CC1)NC1CCN(c2ccccc2)CC1. The second kappa shape index (κ2) is 9.60. The summed E-state index contributed by atoms with van der Waals surface area (Å²) in [6.45, 7) is 4.16. The summed E-state index contributed by atoms with van der Waals surface area (Å²) < 4.78 is 24.8. The molecule has 2 aliphatic rings. The lowest BCUT2D eigenvalue weighted by molar-refractivity contribution is 0.274. The molecule has 2 aliphatic heterocycles. The van der Waals surface area contributed by atoms with Crippen LogP contribution in [-0.2, 0) is 10.0 Å². The minimum atomic E-state index is -3.06. The molecule has 2 heterocycles. The van der Waals surface area contributed by atoms with E-state index in [1.165, 1.54) is 11.9 Å². The largest absolute Gasteiger partial charge is 0.371 e. The number of sulfonamides is 1. The van der Waals surface area contributed by atoms with E-state index in [0.717, 1.165) is 51.3 Å². The lowest BCUT2D eigenvalue weighted by atomic mass is 9.98. The van der Waals surface area contributed by atoms with Gasteiger partial charge in [-0.3, -0.25) is 4.99 Å². The molecule has 2 fully saturated rings. The van der Waals surface area contributed by atoms with Crippen molar-refractivity contribution in [3.63, 3.8) is 0 Å². The summed E-state index contributed by atoms with van der Waals surface area (Å²) in [5.74, 6) is 1.33. The van der Waals surface area contributed by atoms with Crippen molar-refractivity contribution >= 4 is 21.7 Å². The van der Waals surface area contributed by atoms with Crippen molar-refractivity contribution in [1.82, 2.24) is 14.9 Å². The number of hydrogen-bond donors (Lipinski definition) is 2. The van der Waals surface area contributed by atoms with Gasteiger partial charge in [-0.1, -0.05) is 18.2 Å². The zero-order valence-corrected chi connectivity index (χ0v) is 17.8. The highest BCUT2D eigenvalue weighted by Gasteiger charge is 2.25. The fourth-order valence-corrected chi connectivity index (χ4v) is 4.87.